The molecule has 11 heteroatoms. The lowest BCUT2D eigenvalue weighted by molar-refractivity contribution is -0.139. The van der Waals surface area contributed by atoms with E-state index in [0.717, 1.165) is 14.3 Å². The normalized spacial score (nSPS) is 12.0. The number of rotatable bonds is 9. The summed E-state index contributed by atoms with van der Waals surface area (Å²) in [4.78, 5) is 27.4. The predicted molar refractivity (Wildman–Crippen MR) is 146 cm³/mol. The first-order valence-electron chi connectivity index (χ1n) is 10.8. The molecular formula is C25H24BrCl2N3O4S. The molecule has 0 bridgehead atoms. The zero-order chi connectivity index (χ0) is 26.5. The van der Waals surface area contributed by atoms with Crippen molar-refractivity contribution in [3.63, 3.8) is 0 Å². The Kier molecular flexibility index (Phi) is 9.41. The minimum Gasteiger partial charge on any atom is -0.357 e. The van der Waals surface area contributed by atoms with Gasteiger partial charge in [0.25, 0.3) is 10.0 Å². The zero-order valence-corrected chi connectivity index (χ0v) is 23.4. The van der Waals surface area contributed by atoms with Crippen molar-refractivity contribution in [2.24, 2.45) is 0 Å². The van der Waals surface area contributed by atoms with Crippen molar-refractivity contribution in [2.45, 2.75) is 24.4 Å². The molecule has 0 saturated carbocycles. The van der Waals surface area contributed by atoms with E-state index in [-0.39, 0.29) is 23.0 Å². The van der Waals surface area contributed by atoms with Crippen LogP contribution in [0.4, 0.5) is 5.69 Å². The molecule has 1 atom stereocenters. The Balaban J connectivity index is 2.02. The van der Waals surface area contributed by atoms with Gasteiger partial charge in [-0.25, -0.2) is 8.42 Å². The molecule has 0 unspecified atom stereocenters. The fourth-order valence-electron chi connectivity index (χ4n) is 3.47. The molecule has 0 aromatic heterocycles. The molecule has 7 nitrogen and oxygen atoms in total. The molecule has 190 valence electrons. The fourth-order valence-corrected chi connectivity index (χ4v) is 5.45. The van der Waals surface area contributed by atoms with E-state index in [1.807, 2.05) is 24.3 Å². The summed E-state index contributed by atoms with van der Waals surface area (Å²) in [7, 11) is -2.71. The summed E-state index contributed by atoms with van der Waals surface area (Å²) in [5.41, 5.74) is 0.985. The van der Waals surface area contributed by atoms with Crippen molar-refractivity contribution >= 4 is 66.7 Å². The van der Waals surface area contributed by atoms with Crippen molar-refractivity contribution in [1.82, 2.24) is 10.2 Å². The number of benzene rings is 3. The standard InChI is InChI=1S/C25H24BrCl2N3O4S/c1-17(25(33)29-2)30(15-18-6-8-19(26)9-7-18)24(32)16-31(22-5-3-4-21(28)14-22)36(34,35)23-12-10-20(27)11-13-23/h3-14,17H,15-16H2,1-2H3,(H,29,33)/t17-/m0/s1. The minimum absolute atomic E-state index is 0.0431. The number of amides is 2. The Morgan fingerprint density at radius 3 is 2.19 bits per heavy atom. The van der Waals surface area contributed by atoms with Gasteiger partial charge in [0, 0.05) is 28.1 Å². The number of anilines is 1. The first kappa shape index (κ1) is 28.0. The molecule has 0 aliphatic heterocycles. The Morgan fingerprint density at radius 1 is 0.972 bits per heavy atom. The number of hydrogen-bond donors (Lipinski definition) is 1. The third-order valence-electron chi connectivity index (χ3n) is 5.46. The predicted octanol–water partition coefficient (Wildman–Crippen LogP) is 5.11. The highest BCUT2D eigenvalue weighted by molar-refractivity contribution is 9.10. The van der Waals surface area contributed by atoms with Gasteiger partial charge in [0.1, 0.15) is 12.6 Å². The fraction of sp³-hybridized carbons (Fsp3) is 0.200. The maximum atomic E-state index is 13.7. The lowest BCUT2D eigenvalue weighted by Crippen LogP contribution is -2.50. The van der Waals surface area contributed by atoms with Gasteiger partial charge in [-0.3, -0.25) is 13.9 Å². The number of nitrogens with zero attached hydrogens (tertiary/aromatic N) is 2. The Hall–Kier alpha value is -2.59. The monoisotopic (exact) mass is 611 g/mol. The average Bonchev–Trinajstić information content (AvgIpc) is 2.86. The van der Waals surface area contributed by atoms with Crippen LogP contribution in [0, 0.1) is 0 Å². The summed E-state index contributed by atoms with van der Waals surface area (Å²) in [6.45, 7) is 1.14. The lowest BCUT2D eigenvalue weighted by atomic mass is 10.1. The Labute approximate surface area is 229 Å². The van der Waals surface area contributed by atoms with Crippen LogP contribution in [-0.4, -0.2) is 44.8 Å². The van der Waals surface area contributed by atoms with Gasteiger partial charge in [0.15, 0.2) is 0 Å². The molecular weight excluding hydrogens is 589 g/mol. The van der Waals surface area contributed by atoms with Crippen LogP contribution in [0.1, 0.15) is 12.5 Å². The van der Waals surface area contributed by atoms with Crippen LogP contribution in [-0.2, 0) is 26.2 Å². The third-order valence-corrected chi connectivity index (χ3v) is 8.26. The molecule has 2 amide bonds. The van der Waals surface area contributed by atoms with Crippen LogP contribution < -0.4 is 9.62 Å². The van der Waals surface area contributed by atoms with Gasteiger partial charge in [0.2, 0.25) is 11.8 Å². The van der Waals surface area contributed by atoms with E-state index >= 15 is 0 Å². The highest BCUT2D eigenvalue weighted by Crippen LogP contribution is 2.27. The molecule has 3 aromatic carbocycles. The lowest BCUT2D eigenvalue weighted by Gasteiger charge is -2.31. The van der Waals surface area contributed by atoms with Crippen LogP contribution in [0.5, 0.6) is 0 Å². The summed E-state index contributed by atoms with van der Waals surface area (Å²) >= 11 is 15.5. The highest BCUT2D eigenvalue weighted by Gasteiger charge is 2.32. The average molecular weight is 613 g/mol. The second-order valence-electron chi connectivity index (χ2n) is 7.88. The molecule has 1 N–H and O–H groups in total. The molecule has 36 heavy (non-hydrogen) atoms. The summed E-state index contributed by atoms with van der Waals surface area (Å²) in [5, 5.41) is 3.23. The van der Waals surface area contributed by atoms with Gasteiger partial charge >= 0.3 is 0 Å². The van der Waals surface area contributed by atoms with Crippen molar-refractivity contribution in [3.05, 3.63) is 92.9 Å². The van der Waals surface area contributed by atoms with E-state index in [4.69, 9.17) is 23.2 Å². The van der Waals surface area contributed by atoms with Crippen LogP contribution in [0.2, 0.25) is 10.0 Å². The maximum absolute atomic E-state index is 13.7. The minimum atomic E-state index is -4.18. The van der Waals surface area contributed by atoms with Gasteiger partial charge in [-0.1, -0.05) is 57.3 Å². The molecule has 0 spiro atoms. The highest BCUT2D eigenvalue weighted by atomic mass is 79.9. The smallest absolute Gasteiger partial charge is 0.264 e. The second kappa shape index (κ2) is 12.1. The number of halogens is 3. The SMILES string of the molecule is CNC(=O)[C@H](C)N(Cc1ccc(Br)cc1)C(=O)CN(c1cccc(Cl)c1)S(=O)(=O)c1ccc(Cl)cc1. The summed E-state index contributed by atoms with van der Waals surface area (Å²) < 4.78 is 29.2. The van der Waals surface area contributed by atoms with E-state index in [0.29, 0.717) is 10.0 Å². The molecule has 0 radical (unpaired) electrons. The number of hydrogen-bond acceptors (Lipinski definition) is 4. The van der Waals surface area contributed by atoms with Gasteiger partial charge in [-0.15, -0.1) is 0 Å². The second-order valence-corrected chi connectivity index (χ2v) is 11.5. The van der Waals surface area contributed by atoms with E-state index in [2.05, 4.69) is 21.2 Å². The molecule has 3 rings (SSSR count). The van der Waals surface area contributed by atoms with Gasteiger partial charge in [-0.2, -0.15) is 0 Å². The van der Waals surface area contributed by atoms with Crippen molar-refractivity contribution in [3.8, 4) is 0 Å². The summed E-state index contributed by atoms with van der Waals surface area (Å²) in [6.07, 6.45) is 0. The van der Waals surface area contributed by atoms with Crippen LogP contribution >= 0.6 is 39.1 Å². The van der Waals surface area contributed by atoms with Crippen LogP contribution in [0.3, 0.4) is 0 Å². The largest absolute Gasteiger partial charge is 0.357 e. The van der Waals surface area contributed by atoms with Crippen LogP contribution in [0.25, 0.3) is 0 Å². The summed E-state index contributed by atoms with van der Waals surface area (Å²) in [5.74, 6) is -0.943. The van der Waals surface area contributed by atoms with E-state index in [1.54, 1.807) is 25.1 Å². The molecule has 0 heterocycles. The van der Waals surface area contributed by atoms with E-state index in [9.17, 15) is 18.0 Å². The van der Waals surface area contributed by atoms with Crippen molar-refractivity contribution < 1.29 is 18.0 Å². The molecule has 0 aliphatic carbocycles. The maximum Gasteiger partial charge on any atom is 0.264 e. The quantitative estimate of drug-likeness (QED) is 0.364. The summed E-state index contributed by atoms with van der Waals surface area (Å²) in [6, 6.07) is 18.3. The van der Waals surface area contributed by atoms with Crippen molar-refractivity contribution in [1.29, 1.82) is 0 Å². The number of nitrogens with one attached hydrogen (secondary N) is 1. The zero-order valence-electron chi connectivity index (χ0n) is 19.5. The Bertz CT molecular complexity index is 1340. The molecule has 0 saturated heterocycles. The van der Waals surface area contributed by atoms with Gasteiger partial charge in [-0.05, 0) is 67.1 Å². The van der Waals surface area contributed by atoms with Crippen LogP contribution in [0.15, 0.2) is 82.2 Å². The topological polar surface area (TPSA) is 86.8 Å². The number of sulfonamides is 1. The van der Waals surface area contributed by atoms with Gasteiger partial charge < -0.3 is 10.2 Å². The van der Waals surface area contributed by atoms with E-state index < -0.39 is 28.5 Å². The number of carbonyl (C=O) groups is 2. The van der Waals surface area contributed by atoms with E-state index in [1.165, 1.54) is 42.3 Å². The Morgan fingerprint density at radius 2 is 1.61 bits per heavy atom. The number of carbonyl (C=O) groups excluding carboxylic acids is 2. The number of likely N-dealkylation sites (N-methyl/N-ethyl adjacent to an activating group) is 1. The molecule has 0 fully saturated rings. The first-order valence-corrected chi connectivity index (χ1v) is 13.8. The molecule has 0 aliphatic rings. The van der Waals surface area contributed by atoms with Crippen molar-refractivity contribution in [2.75, 3.05) is 17.9 Å². The molecule has 3 aromatic rings. The first-order chi connectivity index (χ1) is 17.0. The van der Waals surface area contributed by atoms with Gasteiger partial charge in [0.05, 0.1) is 10.6 Å². The third kappa shape index (κ3) is 6.79.